The van der Waals surface area contributed by atoms with Gasteiger partial charge in [0.25, 0.3) is 0 Å². The van der Waals surface area contributed by atoms with Crippen LogP contribution in [0.1, 0.15) is 24.0 Å². The van der Waals surface area contributed by atoms with Gasteiger partial charge in [-0.15, -0.1) is 0 Å². The number of amides is 1. The van der Waals surface area contributed by atoms with Crippen molar-refractivity contribution in [3.63, 3.8) is 0 Å². The molecular formula is C19H20ClFN2O. The van der Waals surface area contributed by atoms with Gasteiger partial charge in [-0.25, -0.2) is 4.39 Å². The summed E-state index contributed by atoms with van der Waals surface area (Å²) in [6, 6.07) is 12.6. The van der Waals surface area contributed by atoms with Crippen LogP contribution in [0.3, 0.4) is 0 Å². The predicted octanol–water partition coefficient (Wildman–Crippen LogP) is 4.39. The van der Waals surface area contributed by atoms with Crippen LogP contribution in [0.25, 0.3) is 0 Å². The number of anilines is 1. The van der Waals surface area contributed by atoms with Crippen LogP contribution in [0.4, 0.5) is 10.1 Å². The highest BCUT2D eigenvalue weighted by Crippen LogP contribution is 2.29. The Bertz CT molecular complexity index is 746. The molecule has 1 aliphatic carbocycles. The van der Waals surface area contributed by atoms with Crippen LogP contribution in [-0.4, -0.2) is 23.4 Å². The molecule has 1 fully saturated rings. The first-order valence-corrected chi connectivity index (χ1v) is 8.44. The minimum Gasteiger partial charge on any atom is -0.324 e. The number of hydrogen-bond acceptors (Lipinski definition) is 2. The van der Waals surface area contributed by atoms with E-state index < -0.39 is 0 Å². The van der Waals surface area contributed by atoms with Crippen molar-refractivity contribution in [2.24, 2.45) is 0 Å². The van der Waals surface area contributed by atoms with Gasteiger partial charge in [0.05, 0.1) is 17.3 Å². The fraction of sp³-hybridized carbons (Fsp3) is 0.316. The van der Waals surface area contributed by atoms with Crippen LogP contribution in [0, 0.1) is 12.7 Å². The SMILES string of the molecule is Cc1ccc(NC(=O)CN(Cc2ccccc2F)C2CC2)c(Cl)c1. The summed E-state index contributed by atoms with van der Waals surface area (Å²) in [6.07, 6.45) is 2.10. The van der Waals surface area contributed by atoms with Gasteiger partial charge in [0.15, 0.2) is 0 Å². The molecule has 1 N–H and O–H groups in total. The van der Waals surface area contributed by atoms with Crippen LogP contribution in [-0.2, 0) is 11.3 Å². The van der Waals surface area contributed by atoms with Gasteiger partial charge in [-0.1, -0.05) is 35.9 Å². The summed E-state index contributed by atoms with van der Waals surface area (Å²) in [4.78, 5) is 14.4. The minimum atomic E-state index is -0.231. The zero-order chi connectivity index (χ0) is 17.1. The molecule has 0 aromatic heterocycles. The maximum Gasteiger partial charge on any atom is 0.238 e. The summed E-state index contributed by atoms with van der Waals surface area (Å²) in [5.41, 5.74) is 2.26. The molecule has 0 radical (unpaired) electrons. The van der Waals surface area contributed by atoms with Gasteiger partial charge >= 0.3 is 0 Å². The molecule has 2 aromatic rings. The average molecular weight is 347 g/mol. The summed E-state index contributed by atoms with van der Waals surface area (Å²) in [5.74, 6) is -0.367. The Balaban J connectivity index is 1.65. The fourth-order valence-corrected chi connectivity index (χ4v) is 2.98. The monoisotopic (exact) mass is 346 g/mol. The van der Waals surface area contributed by atoms with E-state index in [1.165, 1.54) is 6.07 Å². The standard InChI is InChI=1S/C19H20ClFN2O/c1-13-6-9-18(16(20)10-13)22-19(24)12-23(15-7-8-15)11-14-4-2-3-5-17(14)21/h2-6,9-10,15H,7-8,11-12H2,1H3,(H,22,24). The molecule has 0 spiro atoms. The summed E-state index contributed by atoms with van der Waals surface area (Å²) in [7, 11) is 0. The molecule has 2 aromatic carbocycles. The molecule has 0 unspecified atom stereocenters. The normalized spacial score (nSPS) is 14.0. The van der Waals surface area contributed by atoms with Gasteiger partial charge in [0.1, 0.15) is 5.82 Å². The second kappa shape index (κ2) is 7.32. The predicted molar refractivity (Wildman–Crippen MR) is 94.7 cm³/mol. The Kier molecular flexibility index (Phi) is 5.17. The van der Waals surface area contributed by atoms with Crippen LogP contribution < -0.4 is 5.32 Å². The quantitative estimate of drug-likeness (QED) is 0.841. The molecule has 0 atom stereocenters. The topological polar surface area (TPSA) is 32.3 Å². The number of nitrogens with zero attached hydrogens (tertiary/aromatic N) is 1. The van der Waals surface area contributed by atoms with E-state index in [1.54, 1.807) is 18.2 Å². The lowest BCUT2D eigenvalue weighted by molar-refractivity contribution is -0.117. The molecule has 3 nitrogen and oxygen atoms in total. The number of carbonyl (C=O) groups is 1. The van der Waals surface area contributed by atoms with E-state index in [1.807, 2.05) is 30.0 Å². The first-order valence-electron chi connectivity index (χ1n) is 8.06. The van der Waals surface area contributed by atoms with E-state index >= 15 is 0 Å². The molecule has 3 rings (SSSR count). The Morgan fingerprint density at radius 3 is 2.71 bits per heavy atom. The number of nitrogens with one attached hydrogen (secondary N) is 1. The smallest absolute Gasteiger partial charge is 0.238 e. The molecule has 0 heterocycles. The van der Waals surface area contributed by atoms with Crippen LogP contribution in [0.5, 0.6) is 0 Å². The summed E-state index contributed by atoms with van der Waals surface area (Å²) in [6.45, 7) is 2.61. The van der Waals surface area contributed by atoms with Gasteiger partial charge in [-0.2, -0.15) is 0 Å². The van der Waals surface area contributed by atoms with Crippen molar-refractivity contribution in [3.8, 4) is 0 Å². The van der Waals surface area contributed by atoms with E-state index in [0.29, 0.717) is 28.9 Å². The lowest BCUT2D eigenvalue weighted by Crippen LogP contribution is -2.34. The Morgan fingerprint density at radius 1 is 1.29 bits per heavy atom. The van der Waals surface area contributed by atoms with Crippen molar-refractivity contribution in [2.75, 3.05) is 11.9 Å². The van der Waals surface area contributed by atoms with Crippen LogP contribution >= 0.6 is 11.6 Å². The highest BCUT2D eigenvalue weighted by atomic mass is 35.5. The lowest BCUT2D eigenvalue weighted by Gasteiger charge is -2.22. The molecule has 1 amide bonds. The third-order valence-corrected chi connectivity index (χ3v) is 4.45. The van der Waals surface area contributed by atoms with Crippen LogP contribution in [0.15, 0.2) is 42.5 Å². The molecule has 0 aliphatic heterocycles. The molecule has 126 valence electrons. The number of benzene rings is 2. The zero-order valence-corrected chi connectivity index (χ0v) is 14.3. The van der Waals surface area contributed by atoms with Crippen molar-refractivity contribution in [2.45, 2.75) is 32.4 Å². The van der Waals surface area contributed by atoms with Crippen molar-refractivity contribution in [1.29, 1.82) is 0 Å². The van der Waals surface area contributed by atoms with Crippen molar-refractivity contribution in [3.05, 3.63) is 64.4 Å². The molecule has 24 heavy (non-hydrogen) atoms. The highest BCUT2D eigenvalue weighted by molar-refractivity contribution is 6.33. The largest absolute Gasteiger partial charge is 0.324 e. The van der Waals surface area contributed by atoms with Crippen LogP contribution in [0.2, 0.25) is 5.02 Å². The second-order valence-corrected chi connectivity index (χ2v) is 6.67. The molecule has 0 bridgehead atoms. The Labute approximate surface area is 146 Å². The first kappa shape index (κ1) is 16.9. The van der Waals surface area contributed by atoms with E-state index in [2.05, 4.69) is 5.32 Å². The number of rotatable bonds is 6. The number of halogens is 2. The van der Waals surface area contributed by atoms with Gasteiger partial charge in [0, 0.05) is 18.2 Å². The van der Waals surface area contributed by atoms with E-state index in [4.69, 9.17) is 11.6 Å². The van der Waals surface area contributed by atoms with E-state index in [0.717, 1.165) is 18.4 Å². The molecule has 1 saturated carbocycles. The molecule has 0 saturated heterocycles. The third-order valence-electron chi connectivity index (χ3n) is 4.14. The maximum atomic E-state index is 13.9. The van der Waals surface area contributed by atoms with Gasteiger partial charge in [-0.3, -0.25) is 9.69 Å². The van der Waals surface area contributed by atoms with Crippen molar-refractivity contribution >= 4 is 23.2 Å². The van der Waals surface area contributed by atoms with Gasteiger partial charge in [-0.05, 0) is 43.5 Å². The first-order chi connectivity index (χ1) is 11.5. The van der Waals surface area contributed by atoms with Gasteiger partial charge < -0.3 is 5.32 Å². The van der Waals surface area contributed by atoms with Crippen molar-refractivity contribution in [1.82, 2.24) is 4.90 Å². The van der Waals surface area contributed by atoms with Gasteiger partial charge in [0.2, 0.25) is 5.91 Å². The molecule has 5 heteroatoms. The third kappa shape index (κ3) is 4.34. The number of carbonyl (C=O) groups excluding carboxylic acids is 1. The molecular weight excluding hydrogens is 327 g/mol. The maximum absolute atomic E-state index is 13.9. The summed E-state index contributed by atoms with van der Waals surface area (Å²) in [5, 5.41) is 3.37. The second-order valence-electron chi connectivity index (χ2n) is 6.26. The Morgan fingerprint density at radius 2 is 2.04 bits per heavy atom. The van der Waals surface area contributed by atoms with E-state index in [9.17, 15) is 9.18 Å². The zero-order valence-electron chi connectivity index (χ0n) is 13.6. The summed E-state index contributed by atoms with van der Waals surface area (Å²) >= 11 is 6.16. The minimum absolute atomic E-state index is 0.135. The molecule has 1 aliphatic rings. The lowest BCUT2D eigenvalue weighted by atomic mass is 10.2. The number of aryl methyl sites for hydroxylation is 1. The fourth-order valence-electron chi connectivity index (χ4n) is 2.69. The average Bonchev–Trinajstić information content (AvgIpc) is 3.36. The Hall–Kier alpha value is -1.91. The summed E-state index contributed by atoms with van der Waals surface area (Å²) < 4.78 is 13.9. The highest BCUT2D eigenvalue weighted by Gasteiger charge is 2.30. The number of hydrogen-bond donors (Lipinski definition) is 1. The van der Waals surface area contributed by atoms with Crippen molar-refractivity contribution < 1.29 is 9.18 Å². The van der Waals surface area contributed by atoms with E-state index in [-0.39, 0.29) is 18.3 Å².